The first kappa shape index (κ1) is 21.2. The highest BCUT2D eigenvalue weighted by molar-refractivity contribution is 5.99. The van der Waals surface area contributed by atoms with Gasteiger partial charge >= 0.3 is 0 Å². The first-order chi connectivity index (χ1) is 13.5. The quantitative estimate of drug-likeness (QED) is 0.645. The van der Waals surface area contributed by atoms with Crippen LogP contribution in [0.2, 0.25) is 0 Å². The van der Waals surface area contributed by atoms with Crippen LogP contribution in [0.1, 0.15) is 53.5 Å². The third kappa shape index (κ3) is 5.67. The minimum Gasteiger partial charge on any atom is -0.340 e. The van der Waals surface area contributed by atoms with Crippen molar-refractivity contribution < 1.29 is 14.4 Å². The van der Waals surface area contributed by atoms with E-state index in [1.165, 1.54) is 0 Å². The van der Waals surface area contributed by atoms with Gasteiger partial charge in [-0.15, -0.1) is 0 Å². The van der Waals surface area contributed by atoms with Crippen LogP contribution in [0, 0.1) is 5.92 Å². The number of nitrogens with one attached hydrogen (secondary N) is 3. The van der Waals surface area contributed by atoms with Crippen molar-refractivity contribution >= 4 is 17.7 Å². The minimum absolute atomic E-state index is 0.103. The van der Waals surface area contributed by atoms with Gasteiger partial charge in [0.2, 0.25) is 0 Å². The SMILES string of the molecule is CCc1ccc(C(=O)NNC(=O)[C@@H](NC(=O)c2ccccc2)[C@@H](C)CC)cc1. The monoisotopic (exact) mass is 381 g/mol. The Labute approximate surface area is 165 Å². The molecule has 148 valence electrons. The van der Waals surface area contributed by atoms with E-state index in [2.05, 4.69) is 16.2 Å². The molecule has 0 aromatic heterocycles. The van der Waals surface area contributed by atoms with E-state index in [1.807, 2.05) is 39.0 Å². The van der Waals surface area contributed by atoms with Gasteiger partial charge in [-0.3, -0.25) is 25.2 Å². The van der Waals surface area contributed by atoms with Crippen molar-refractivity contribution in [3.63, 3.8) is 0 Å². The molecule has 0 fully saturated rings. The summed E-state index contributed by atoms with van der Waals surface area (Å²) in [5.41, 5.74) is 6.90. The predicted octanol–water partition coefficient (Wildman–Crippen LogP) is 2.85. The van der Waals surface area contributed by atoms with E-state index in [1.54, 1.807) is 36.4 Å². The van der Waals surface area contributed by atoms with Gasteiger partial charge < -0.3 is 5.32 Å². The Morgan fingerprint density at radius 3 is 2.00 bits per heavy atom. The molecule has 0 saturated heterocycles. The number of amides is 3. The summed E-state index contributed by atoms with van der Waals surface area (Å²) >= 11 is 0. The van der Waals surface area contributed by atoms with E-state index in [0.717, 1.165) is 12.0 Å². The number of carbonyl (C=O) groups is 3. The minimum atomic E-state index is -0.763. The number of carbonyl (C=O) groups excluding carboxylic acids is 3. The molecule has 2 aromatic rings. The van der Waals surface area contributed by atoms with Crippen LogP contribution >= 0.6 is 0 Å². The van der Waals surface area contributed by atoms with Crippen molar-refractivity contribution in [2.24, 2.45) is 5.92 Å². The molecule has 0 bridgehead atoms. The van der Waals surface area contributed by atoms with Gasteiger partial charge in [-0.2, -0.15) is 0 Å². The van der Waals surface area contributed by atoms with Crippen molar-refractivity contribution in [3.05, 3.63) is 71.3 Å². The normalized spacial score (nSPS) is 12.5. The summed E-state index contributed by atoms with van der Waals surface area (Å²) in [6.45, 7) is 5.85. The van der Waals surface area contributed by atoms with E-state index in [0.29, 0.717) is 17.5 Å². The van der Waals surface area contributed by atoms with Crippen LogP contribution in [0.4, 0.5) is 0 Å². The summed E-state index contributed by atoms with van der Waals surface area (Å²) in [6.07, 6.45) is 1.58. The molecule has 2 atom stereocenters. The first-order valence-corrected chi connectivity index (χ1v) is 9.51. The second-order valence-corrected chi connectivity index (χ2v) is 6.70. The van der Waals surface area contributed by atoms with Crippen molar-refractivity contribution in [2.45, 2.75) is 39.7 Å². The Bertz CT molecular complexity index is 804. The van der Waals surface area contributed by atoms with E-state index in [9.17, 15) is 14.4 Å². The molecule has 0 heterocycles. The maximum atomic E-state index is 12.6. The van der Waals surface area contributed by atoms with Crippen molar-refractivity contribution in [1.82, 2.24) is 16.2 Å². The van der Waals surface area contributed by atoms with Gasteiger partial charge in [0.25, 0.3) is 17.7 Å². The lowest BCUT2D eigenvalue weighted by Gasteiger charge is -2.23. The fourth-order valence-corrected chi connectivity index (χ4v) is 2.68. The third-order valence-electron chi connectivity index (χ3n) is 4.74. The smallest absolute Gasteiger partial charge is 0.269 e. The molecule has 0 saturated carbocycles. The Morgan fingerprint density at radius 1 is 0.821 bits per heavy atom. The molecule has 2 rings (SSSR count). The number of benzene rings is 2. The van der Waals surface area contributed by atoms with E-state index in [4.69, 9.17) is 0 Å². The summed E-state index contributed by atoms with van der Waals surface area (Å²) in [5.74, 6) is -1.30. The Kier molecular flexibility index (Phi) is 7.75. The summed E-state index contributed by atoms with van der Waals surface area (Å²) < 4.78 is 0. The molecule has 3 N–H and O–H groups in total. The molecule has 0 aliphatic heterocycles. The molecule has 6 nitrogen and oxygen atoms in total. The van der Waals surface area contributed by atoms with Gasteiger partial charge in [0, 0.05) is 11.1 Å². The average Bonchev–Trinajstić information content (AvgIpc) is 2.75. The molecule has 3 amide bonds. The summed E-state index contributed by atoms with van der Waals surface area (Å²) in [5, 5.41) is 2.76. The van der Waals surface area contributed by atoms with Gasteiger partial charge in [0.05, 0.1) is 0 Å². The zero-order chi connectivity index (χ0) is 20.5. The predicted molar refractivity (Wildman–Crippen MR) is 109 cm³/mol. The van der Waals surface area contributed by atoms with Crippen LogP contribution in [0.5, 0.6) is 0 Å². The molecule has 28 heavy (non-hydrogen) atoms. The number of hydrogen-bond acceptors (Lipinski definition) is 3. The second kappa shape index (κ2) is 10.3. The number of hydrogen-bond donors (Lipinski definition) is 3. The molecule has 0 spiro atoms. The van der Waals surface area contributed by atoms with E-state index >= 15 is 0 Å². The number of aryl methyl sites for hydroxylation is 1. The molecule has 0 unspecified atom stereocenters. The summed E-state index contributed by atoms with van der Waals surface area (Å²) in [7, 11) is 0. The number of rotatable bonds is 7. The van der Waals surface area contributed by atoms with Crippen LogP contribution < -0.4 is 16.2 Å². The van der Waals surface area contributed by atoms with E-state index in [-0.39, 0.29) is 11.8 Å². The first-order valence-electron chi connectivity index (χ1n) is 9.51. The van der Waals surface area contributed by atoms with Crippen LogP contribution in [0.25, 0.3) is 0 Å². The molecule has 0 radical (unpaired) electrons. The molecule has 0 aliphatic carbocycles. The standard InChI is InChI=1S/C22H27N3O3/c1-4-15(3)19(23-20(26)17-9-7-6-8-10-17)22(28)25-24-21(27)18-13-11-16(5-2)12-14-18/h6-15,19H,4-5H2,1-3H3,(H,23,26)(H,24,27)(H,25,28)/t15-,19-/m0/s1. The largest absolute Gasteiger partial charge is 0.340 e. The third-order valence-corrected chi connectivity index (χ3v) is 4.74. The molecule has 0 aliphatic rings. The van der Waals surface area contributed by atoms with Crippen LogP contribution in [0.15, 0.2) is 54.6 Å². The van der Waals surface area contributed by atoms with Crippen LogP contribution in [-0.4, -0.2) is 23.8 Å². The maximum Gasteiger partial charge on any atom is 0.269 e. The maximum absolute atomic E-state index is 12.6. The lowest BCUT2D eigenvalue weighted by atomic mass is 9.98. The van der Waals surface area contributed by atoms with E-state index < -0.39 is 17.9 Å². The zero-order valence-electron chi connectivity index (χ0n) is 16.5. The molecule has 6 heteroatoms. The fourth-order valence-electron chi connectivity index (χ4n) is 2.68. The highest BCUT2D eigenvalue weighted by atomic mass is 16.2. The van der Waals surface area contributed by atoms with Gasteiger partial charge in [0.15, 0.2) is 0 Å². The van der Waals surface area contributed by atoms with Crippen molar-refractivity contribution in [2.75, 3.05) is 0 Å². The molecular weight excluding hydrogens is 354 g/mol. The van der Waals surface area contributed by atoms with Crippen LogP contribution in [-0.2, 0) is 11.2 Å². The summed E-state index contributed by atoms with van der Waals surface area (Å²) in [4.78, 5) is 37.3. The average molecular weight is 381 g/mol. The van der Waals surface area contributed by atoms with Crippen LogP contribution in [0.3, 0.4) is 0 Å². The highest BCUT2D eigenvalue weighted by Gasteiger charge is 2.26. The highest BCUT2D eigenvalue weighted by Crippen LogP contribution is 2.10. The second-order valence-electron chi connectivity index (χ2n) is 6.70. The fraction of sp³-hybridized carbons (Fsp3) is 0.318. The van der Waals surface area contributed by atoms with Crippen molar-refractivity contribution in [1.29, 1.82) is 0 Å². The van der Waals surface area contributed by atoms with Gasteiger partial charge in [-0.25, -0.2) is 0 Å². The Hall–Kier alpha value is -3.15. The topological polar surface area (TPSA) is 87.3 Å². The lowest BCUT2D eigenvalue weighted by Crippen LogP contribution is -2.54. The molecule has 2 aromatic carbocycles. The van der Waals surface area contributed by atoms with Crippen molar-refractivity contribution in [3.8, 4) is 0 Å². The number of hydrazine groups is 1. The Morgan fingerprint density at radius 2 is 1.43 bits per heavy atom. The summed E-state index contributed by atoms with van der Waals surface area (Å²) in [6, 6.07) is 15.1. The van der Waals surface area contributed by atoms with Gasteiger partial charge in [-0.1, -0.05) is 57.5 Å². The lowest BCUT2D eigenvalue weighted by molar-refractivity contribution is -0.124. The molecular formula is C22H27N3O3. The van der Waals surface area contributed by atoms with Gasteiger partial charge in [-0.05, 0) is 42.2 Å². The Balaban J connectivity index is 2.00. The zero-order valence-corrected chi connectivity index (χ0v) is 16.5. The van der Waals surface area contributed by atoms with Gasteiger partial charge in [0.1, 0.15) is 6.04 Å².